The minimum atomic E-state index is -0.709. The monoisotopic (exact) mass is 370 g/mol. The zero-order valence-electron chi connectivity index (χ0n) is 15.7. The van der Waals surface area contributed by atoms with E-state index in [-0.39, 0.29) is 17.8 Å². The lowest BCUT2D eigenvalue weighted by atomic mass is 10.0. The Morgan fingerprint density at radius 3 is 2.52 bits per heavy atom. The number of aliphatic hydroxyl groups excluding tert-OH is 1. The van der Waals surface area contributed by atoms with E-state index >= 15 is 0 Å². The van der Waals surface area contributed by atoms with Crippen LogP contribution in [0.25, 0.3) is 0 Å². The minimum absolute atomic E-state index is 0.138. The van der Waals surface area contributed by atoms with Gasteiger partial charge in [-0.05, 0) is 42.7 Å². The third-order valence-electron chi connectivity index (χ3n) is 5.19. The van der Waals surface area contributed by atoms with Gasteiger partial charge in [-0.2, -0.15) is 0 Å². The van der Waals surface area contributed by atoms with Gasteiger partial charge in [0, 0.05) is 37.8 Å². The third-order valence-corrected chi connectivity index (χ3v) is 5.19. The second-order valence-electron chi connectivity index (χ2n) is 7.06. The number of likely N-dealkylation sites (tertiary alicyclic amines) is 1. The normalized spacial score (nSPS) is 16.9. The van der Waals surface area contributed by atoms with Gasteiger partial charge in [-0.3, -0.25) is 4.79 Å². The molecule has 1 N–H and O–H groups in total. The topological polar surface area (TPSA) is 43.8 Å². The second kappa shape index (κ2) is 9.11. The molecule has 0 aliphatic carbocycles. The fraction of sp³-hybridized carbons (Fsp3) is 0.409. The van der Waals surface area contributed by atoms with E-state index in [2.05, 4.69) is 4.90 Å². The van der Waals surface area contributed by atoms with E-state index < -0.39 is 6.10 Å². The van der Waals surface area contributed by atoms with Crippen LogP contribution in [-0.4, -0.2) is 41.6 Å². The molecule has 0 radical (unpaired) electrons. The molecule has 1 fully saturated rings. The zero-order valence-corrected chi connectivity index (χ0v) is 15.7. The average Bonchev–Trinajstić information content (AvgIpc) is 2.70. The van der Waals surface area contributed by atoms with Crippen LogP contribution in [0.1, 0.15) is 37.9 Å². The van der Waals surface area contributed by atoms with Crippen molar-refractivity contribution in [3.63, 3.8) is 0 Å². The maximum atomic E-state index is 13.4. The van der Waals surface area contributed by atoms with Crippen LogP contribution in [0.4, 0.5) is 10.1 Å². The summed E-state index contributed by atoms with van der Waals surface area (Å²) in [5, 5.41) is 10.4. The van der Waals surface area contributed by atoms with Crippen LogP contribution in [0.15, 0.2) is 54.6 Å². The van der Waals surface area contributed by atoms with Gasteiger partial charge in [-0.15, -0.1) is 0 Å². The molecule has 3 rings (SSSR count). The Bertz CT molecular complexity index is 745. The van der Waals surface area contributed by atoms with Crippen molar-refractivity contribution in [2.24, 2.45) is 0 Å². The number of rotatable bonds is 6. The average molecular weight is 370 g/mol. The molecular formula is C22H27FN2O2. The van der Waals surface area contributed by atoms with Crippen LogP contribution >= 0.6 is 0 Å². The van der Waals surface area contributed by atoms with Crippen molar-refractivity contribution in [1.82, 2.24) is 4.90 Å². The van der Waals surface area contributed by atoms with E-state index in [4.69, 9.17) is 0 Å². The van der Waals surface area contributed by atoms with Crippen molar-refractivity contribution in [2.75, 3.05) is 24.5 Å². The molecule has 1 aliphatic heterocycles. The zero-order chi connectivity index (χ0) is 19.2. The Morgan fingerprint density at radius 2 is 1.89 bits per heavy atom. The number of benzene rings is 2. The van der Waals surface area contributed by atoms with Gasteiger partial charge in [0.25, 0.3) is 0 Å². The molecule has 1 aliphatic rings. The Hall–Kier alpha value is -2.24. The number of halogens is 1. The number of hydrogen-bond donors (Lipinski definition) is 1. The second-order valence-corrected chi connectivity index (χ2v) is 7.06. The molecule has 2 aromatic rings. The molecule has 2 aromatic carbocycles. The van der Waals surface area contributed by atoms with E-state index in [0.29, 0.717) is 18.5 Å². The summed E-state index contributed by atoms with van der Waals surface area (Å²) in [6.07, 6.45) is 1.49. The Labute approximate surface area is 160 Å². The first-order valence-electron chi connectivity index (χ1n) is 9.61. The largest absolute Gasteiger partial charge is 0.387 e. The number of carbonyl (C=O) groups excluding carboxylic acids is 1. The molecule has 4 nitrogen and oxygen atoms in total. The smallest absolute Gasteiger partial charge is 0.226 e. The Morgan fingerprint density at radius 1 is 1.19 bits per heavy atom. The molecule has 1 unspecified atom stereocenters. The van der Waals surface area contributed by atoms with Crippen LogP contribution in [0, 0.1) is 5.82 Å². The van der Waals surface area contributed by atoms with E-state index in [1.807, 2.05) is 42.2 Å². The molecule has 1 heterocycles. The predicted octanol–water partition coefficient (Wildman–Crippen LogP) is 3.77. The number of aliphatic hydroxyl groups is 1. The molecule has 1 amide bonds. The van der Waals surface area contributed by atoms with Gasteiger partial charge in [-0.1, -0.05) is 37.3 Å². The molecule has 1 saturated heterocycles. The molecule has 0 bridgehead atoms. The highest BCUT2D eigenvalue weighted by molar-refractivity contribution is 5.93. The van der Waals surface area contributed by atoms with Gasteiger partial charge >= 0.3 is 0 Å². The lowest BCUT2D eigenvalue weighted by molar-refractivity contribution is -0.119. The standard InChI is InChI=1S/C22H27FN2O2/c1-2-22(27)25(19-9-4-3-5-10-19)20-11-13-24(14-12-20)16-21(26)17-7-6-8-18(23)15-17/h3-10,15,20-21,26H,2,11-14,16H2,1H3. The number of hydrogen-bond acceptors (Lipinski definition) is 3. The minimum Gasteiger partial charge on any atom is -0.387 e. The summed E-state index contributed by atoms with van der Waals surface area (Å²) in [4.78, 5) is 16.6. The summed E-state index contributed by atoms with van der Waals surface area (Å²) in [5.41, 5.74) is 1.55. The van der Waals surface area contributed by atoms with Crippen molar-refractivity contribution in [1.29, 1.82) is 0 Å². The maximum absolute atomic E-state index is 13.4. The molecule has 144 valence electrons. The highest BCUT2D eigenvalue weighted by atomic mass is 19.1. The first-order valence-corrected chi connectivity index (χ1v) is 9.61. The molecular weight excluding hydrogens is 343 g/mol. The van der Waals surface area contributed by atoms with Crippen molar-refractivity contribution < 1.29 is 14.3 Å². The molecule has 5 heteroatoms. The van der Waals surface area contributed by atoms with E-state index in [9.17, 15) is 14.3 Å². The number of β-amino-alcohol motifs (C(OH)–C–C–N with tert-alkyl or cyclic N) is 1. The summed E-state index contributed by atoms with van der Waals surface area (Å²) < 4.78 is 13.4. The van der Waals surface area contributed by atoms with Gasteiger partial charge in [0.1, 0.15) is 5.82 Å². The molecule has 0 spiro atoms. The fourth-order valence-corrected chi connectivity index (χ4v) is 3.74. The first kappa shape index (κ1) is 19.5. The summed E-state index contributed by atoms with van der Waals surface area (Å²) in [6.45, 7) is 3.97. The quantitative estimate of drug-likeness (QED) is 0.842. The summed E-state index contributed by atoms with van der Waals surface area (Å²) in [6, 6.07) is 16.1. The predicted molar refractivity (Wildman–Crippen MR) is 105 cm³/mol. The van der Waals surface area contributed by atoms with Crippen molar-refractivity contribution >= 4 is 11.6 Å². The number of carbonyl (C=O) groups is 1. The highest BCUT2D eigenvalue weighted by Gasteiger charge is 2.29. The fourth-order valence-electron chi connectivity index (χ4n) is 3.74. The summed E-state index contributed by atoms with van der Waals surface area (Å²) >= 11 is 0. The van der Waals surface area contributed by atoms with E-state index in [0.717, 1.165) is 31.6 Å². The molecule has 0 aromatic heterocycles. The van der Waals surface area contributed by atoms with Gasteiger partial charge in [0.05, 0.1) is 6.10 Å². The van der Waals surface area contributed by atoms with Crippen molar-refractivity contribution in [3.8, 4) is 0 Å². The number of para-hydroxylation sites is 1. The Kier molecular flexibility index (Phi) is 6.58. The first-order chi connectivity index (χ1) is 13.1. The van der Waals surface area contributed by atoms with E-state index in [1.54, 1.807) is 12.1 Å². The molecule has 1 atom stereocenters. The molecule has 0 saturated carbocycles. The van der Waals surface area contributed by atoms with Gasteiger partial charge in [-0.25, -0.2) is 4.39 Å². The Balaban J connectivity index is 1.61. The number of anilines is 1. The van der Waals surface area contributed by atoms with Crippen LogP contribution in [0.5, 0.6) is 0 Å². The summed E-state index contributed by atoms with van der Waals surface area (Å²) in [7, 11) is 0. The lowest BCUT2D eigenvalue weighted by Crippen LogP contribution is -2.48. The van der Waals surface area contributed by atoms with Crippen LogP contribution in [0.2, 0.25) is 0 Å². The highest BCUT2D eigenvalue weighted by Crippen LogP contribution is 2.25. The van der Waals surface area contributed by atoms with Crippen molar-refractivity contribution in [2.45, 2.75) is 38.3 Å². The third kappa shape index (κ3) is 4.93. The number of nitrogens with zero attached hydrogens (tertiary/aromatic N) is 2. The number of amides is 1. The van der Waals surface area contributed by atoms with Gasteiger partial charge in [0.2, 0.25) is 5.91 Å². The van der Waals surface area contributed by atoms with Crippen molar-refractivity contribution in [3.05, 3.63) is 66.0 Å². The lowest BCUT2D eigenvalue weighted by Gasteiger charge is -2.39. The van der Waals surface area contributed by atoms with Crippen LogP contribution in [0.3, 0.4) is 0 Å². The van der Waals surface area contributed by atoms with Gasteiger partial charge < -0.3 is 14.9 Å². The SMILES string of the molecule is CCC(=O)N(c1ccccc1)C1CCN(CC(O)c2cccc(F)c2)CC1. The van der Waals surface area contributed by atoms with E-state index in [1.165, 1.54) is 12.1 Å². The van der Waals surface area contributed by atoms with Gasteiger partial charge in [0.15, 0.2) is 0 Å². The molecule has 27 heavy (non-hydrogen) atoms. The van der Waals surface area contributed by atoms with Crippen LogP contribution < -0.4 is 4.90 Å². The van der Waals surface area contributed by atoms with Crippen LogP contribution in [-0.2, 0) is 4.79 Å². The number of piperidine rings is 1. The maximum Gasteiger partial charge on any atom is 0.226 e. The summed E-state index contributed by atoms with van der Waals surface area (Å²) in [5.74, 6) is -0.193.